The molecular weight excluding hydrogens is 190 g/mol. The van der Waals surface area contributed by atoms with Crippen molar-refractivity contribution in [3.05, 3.63) is 18.2 Å². The van der Waals surface area contributed by atoms with E-state index in [1.54, 1.807) is 17.3 Å². The van der Waals surface area contributed by atoms with Gasteiger partial charge in [0.25, 0.3) is 0 Å². The van der Waals surface area contributed by atoms with E-state index in [-0.39, 0.29) is 17.2 Å². The second-order valence-corrected chi connectivity index (χ2v) is 4.98. The first-order valence-corrected chi connectivity index (χ1v) is 5.24. The normalized spacial score (nSPS) is 22.5. The van der Waals surface area contributed by atoms with Crippen molar-refractivity contribution in [1.29, 1.82) is 0 Å². The van der Waals surface area contributed by atoms with Crippen molar-refractivity contribution in [2.75, 3.05) is 7.05 Å². The van der Waals surface area contributed by atoms with E-state index < -0.39 is 0 Å². The van der Waals surface area contributed by atoms with Crippen LogP contribution in [0.15, 0.2) is 12.4 Å². The summed E-state index contributed by atoms with van der Waals surface area (Å²) in [5, 5.41) is 0. The molecule has 0 bridgehead atoms. The zero-order valence-corrected chi connectivity index (χ0v) is 9.45. The van der Waals surface area contributed by atoms with Gasteiger partial charge in [-0.15, -0.1) is 0 Å². The van der Waals surface area contributed by atoms with Crippen LogP contribution in [0.3, 0.4) is 0 Å². The van der Waals surface area contributed by atoms with Gasteiger partial charge in [-0.1, -0.05) is 13.8 Å². The van der Waals surface area contributed by atoms with Gasteiger partial charge in [0, 0.05) is 25.4 Å². The Kier molecular flexibility index (Phi) is 2.29. The van der Waals surface area contributed by atoms with Crippen LogP contribution in [0.2, 0.25) is 0 Å². The Hall–Kier alpha value is -1.32. The minimum absolute atomic E-state index is 0.203. The number of aromatic nitrogens is 2. The fourth-order valence-electron chi connectivity index (χ4n) is 1.84. The highest BCUT2D eigenvalue weighted by Crippen LogP contribution is 2.52. The third-order valence-electron chi connectivity index (χ3n) is 3.13. The maximum atomic E-state index is 11.9. The summed E-state index contributed by atoms with van der Waals surface area (Å²) in [6.07, 6.45) is 4.48. The van der Waals surface area contributed by atoms with Crippen LogP contribution in [0, 0.1) is 11.3 Å². The topological polar surface area (TPSA) is 49.0 Å². The zero-order chi connectivity index (χ0) is 11.1. The molecule has 0 aliphatic heterocycles. The van der Waals surface area contributed by atoms with Crippen LogP contribution in [0.25, 0.3) is 0 Å². The molecule has 1 aromatic heterocycles. The predicted molar refractivity (Wildman–Crippen MR) is 56.9 cm³/mol. The van der Waals surface area contributed by atoms with Crippen molar-refractivity contribution < 1.29 is 4.79 Å². The lowest BCUT2D eigenvalue weighted by atomic mass is 10.1. The molecule has 1 atom stereocenters. The number of amides is 1. The number of rotatable bonds is 3. The molecule has 2 rings (SSSR count). The van der Waals surface area contributed by atoms with Gasteiger partial charge in [-0.25, -0.2) is 4.98 Å². The van der Waals surface area contributed by atoms with Crippen molar-refractivity contribution in [3.63, 3.8) is 0 Å². The highest BCUT2D eigenvalue weighted by molar-refractivity contribution is 5.82. The number of nitrogens with one attached hydrogen (secondary N) is 1. The van der Waals surface area contributed by atoms with Crippen molar-refractivity contribution in [2.45, 2.75) is 26.8 Å². The van der Waals surface area contributed by atoms with Gasteiger partial charge in [0.1, 0.15) is 5.82 Å². The molecule has 0 saturated heterocycles. The Balaban J connectivity index is 1.92. The summed E-state index contributed by atoms with van der Waals surface area (Å²) in [7, 11) is 1.83. The van der Waals surface area contributed by atoms with Gasteiger partial charge >= 0.3 is 0 Å². The molecule has 1 heterocycles. The Bertz CT molecular complexity index is 356. The number of carbonyl (C=O) groups excluding carboxylic acids is 1. The van der Waals surface area contributed by atoms with Gasteiger partial charge in [0.05, 0.1) is 6.54 Å². The van der Waals surface area contributed by atoms with E-state index in [1.165, 1.54) is 0 Å². The summed E-state index contributed by atoms with van der Waals surface area (Å²) in [5.41, 5.74) is 0.203. The zero-order valence-electron chi connectivity index (χ0n) is 9.45. The summed E-state index contributed by atoms with van der Waals surface area (Å²) in [4.78, 5) is 20.8. The Morgan fingerprint density at radius 1 is 1.73 bits per heavy atom. The maximum Gasteiger partial charge on any atom is 0.226 e. The molecule has 0 aromatic carbocycles. The molecule has 1 amide bonds. The van der Waals surface area contributed by atoms with E-state index in [9.17, 15) is 4.79 Å². The lowest BCUT2D eigenvalue weighted by Crippen LogP contribution is -2.29. The summed E-state index contributed by atoms with van der Waals surface area (Å²) in [5.74, 6) is 1.28. The predicted octanol–water partition coefficient (Wildman–Crippen LogP) is 1.41. The second kappa shape index (κ2) is 3.36. The highest BCUT2D eigenvalue weighted by Gasteiger charge is 2.51. The van der Waals surface area contributed by atoms with Crippen LogP contribution in [-0.4, -0.2) is 27.8 Å². The molecule has 1 unspecified atom stereocenters. The molecule has 1 N–H and O–H groups in total. The average molecular weight is 207 g/mol. The van der Waals surface area contributed by atoms with Crippen LogP contribution >= 0.6 is 0 Å². The molecule has 1 aromatic rings. The largest absolute Gasteiger partial charge is 0.347 e. The van der Waals surface area contributed by atoms with Gasteiger partial charge in [-0.05, 0) is 11.8 Å². The summed E-state index contributed by atoms with van der Waals surface area (Å²) in [6, 6.07) is 0. The third kappa shape index (κ3) is 2.03. The first-order chi connectivity index (χ1) is 7.00. The van der Waals surface area contributed by atoms with E-state index in [1.807, 2.05) is 7.05 Å². The number of H-pyrrole nitrogens is 1. The average Bonchev–Trinajstić information content (AvgIpc) is 2.63. The number of imidazole rings is 1. The molecule has 1 fully saturated rings. The van der Waals surface area contributed by atoms with E-state index in [0.717, 1.165) is 12.2 Å². The van der Waals surface area contributed by atoms with E-state index in [0.29, 0.717) is 6.54 Å². The number of hydrogen-bond acceptors (Lipinski definition) is 2. The number of carbonyl (C=O) groups is 1. The van der Waals surface area contributed by atoms with E-state index in [2.05, 4.69) is 23.8 Å². The number of nitrogens with zero attached hydrogens (tertiary/aromatic N) is 2. The molecule has 0 radical (unpaired) electrons. The van der Waals surface area contributed by atoms with Crippen molar-refractivity contribution in [2.24, 2.45) is 11.3 Å². The molecule has 1 aliphatic carbocycles. The maximum absolute atomic E-state index is 11.9. The fourth-order valence-corrected chi connectivity index (χ4v) is 1.84. The Labute approximate surface area is 89.7 Å². The van der Waals surface area contributed by atoms with Gasteiger partial charge in [-0.3, -0.25) is 4.79 Å². The van der Waals surface area contributed by atoms with Crippen LogP contribution in [0.5, 0.6) is 0 Å². The van der Waals surface area contributed by atoms with Crippen LogP contribution in [-0.2, 0) is 11.3 Å². The molecule has 82 valence electrons. The van der Waals surface area contributed by atoms with Crippen molar-refractivity contribution in [3.8, 4) is 0 Å². The summed E-state index contributed by atoms with van der Waals surface area (Å²) in [6.45, 7) is 4.84. The summed E-state index contributed by atoms with van der Waals surface area (Å²) < 4.78 is 0. The van der Waals surface area contributed by atoms with Gasteiger partial charge in [0.2, 0.25) is 5.91 Å². The molecule has 4 heteroatoms. The molecular formula is C11H17N3O. The molecule has 4 nitrogen and oxygen atoms in total. The minimum atomic E-state index is 0.203. The van der Waals surface area contributed by atoms with Gasteiger partial charge in [0.15, 0.2) is 0 Å². The molecule has 1 aliphatic rings. The van der Waals surface area contributed by atoms with Crippen LogP contribution in [0.1, 0.15) is 26.1 Å². The lowest BCUT2D eigenvalue weighted by Gasteiger charge is -2.16. The smallest absolute Gasteiger partial charge is 0.226 e. The first-order valence-electron chi connectivity index (χ1n) is 5.24. The van der Waals surface area contributed by atoms with Crippen molar-refractivity contribution in [1.82, 2.24) is 14.9 Å². The monoisotopic (exact) mass is 207 g/mol. The van der Waals surface area contributed by atoms with Gasteiger partial charge < -0.3 is 9.88 Å². The molecule has 0 spiro atoms. The van der Waals surface area contributed by atoms with E-state index >= 15 is 0 Å². The standard InChI is InChI=1S/C11H17N3O/c1-11(2)6-8(11)10(15)14(3)7-9-12-4-5-13-9/h4-5,8H,6-7H2,1-3H3,(H,12,13). The van der Waals surface area contributed by atoms with Crippen LogP contribution in [0.4, 0.5) is 0 Å². The summed E-state index contributed by atoms with van der Waals surface area (Å²) >= 11 is 0. The Morgan fingerprint density at radius 3 is 2.87 bits per heavy atom. The van der Waals surface area contributed by atoms with Crippen LogP contribution < -0.4 is 0 Å². The van der Waals surface area contributed by atoms with Crippen molar-refractivity contribution >= 4 is 5.91 Å². The van der Waals surface area contributed by atoms with E-state index in [4.69, 9.17) is 0 Å². The number of hydrogen-bond donors (Lipinski definition) is 1. The number of aromatic amines is 1. The Morgan fingerprint density at radius 2 is 2.40 bits per heavy atom. The third-order valence-corrected chi connectivity index (χ3v) is 3.13. The first kappa shape index (κ1) is 10.2. The highest BCUT2D eigenvalue weighted by atomic mass is 16.2. The minimum Gasteiger partial charge on any atom is -0.347 e. The second-order valence-electron chi connectivity index (χ2n) is 4.98. The van der Waals surface area contributed by atoms with Gasteiger partial charge in [-0.2, -0.15) is 0 Å². The molecule has 1 saturated carbocycles. The molecule has 15 heavy (non-hydrogen) atoms. The SMILES string of the molecule is CN(Cc1ncc[nH]1)C(=O)C1CC1(C)C. The quantitative estimate of drug-likeness (QED) is 0.814. The lowest BCUT2D eigenvalue weighted by molar-refractivity contribution is -0.132. The fraction of sp³-hybridized carbons (Fsp3) is 0.636.